The van der Waals surface area contributed by atoms with Crippen molar-refractivity contribution in [2.45, 2.75) is 6.42 Å². The lowest BCUT2D eigenvalue weighted by Crippen LogP contribution is -2.32. The van der Waals surface area contributed by atoms with Gasteiger partial charge in [0, 0.05) is 19.6 Å². The van der Waals surface area contributed by atoms with E-state index < -0.39 is 10.0 Å². The van der Waals surface area contributed by atoms with Crippen LogP contribution in [0, 0.1) is 0 Å². The molecule has 0 aromatic rings. The molecule has 1 saturated heterocycles. The fraction of sp³-hybridized carbons (Fsp3) is 1.00. The predicted molar refractivity (Wildman–Crippen MR) is 48.5 cm³/mol. The third-order valence-corrected chi connectivity index (χ3v) is 3.96. The molecule has 0 unspecified atom stereocenters. The summed E-state index contributed by atoms with van der Waals surface area (Å²) in [4.78, 5) is 1.99. The second-order valence-corrected chi connectivity index (χ2v) is 5.46. The molecule has 0 spiro atoms. The average Bonchev–Trinajstić information content (AvgIpc) is 2.25. The van der Waals surface area contributed by atoms with Crippen molar-refractivity contribution >= 4 is 10.0 Å². The van der Waals surface area contributed by atoms with E-state index >= 15 is 0 Å². The van der Waals surface area contributed by atoms with Gasteiger partial charge in [-0.2, -0.15) is 0 Å². The SMILES string of the molecule is CN(C)CCN1CCCS1(=O)=O. The minimum atomic E-state index is -2.88. The lowest BCUT2D eigenvalue weighted by Gasteiger charge is -2.16. The summed E-state index contributed by atoms with van der Waals surface area (Å²) in [6.45, 7) is 2.14. The van der Waals surface area contributed by atoms with E-state index in [-0.39, 0.29) is 0 Å². The van der Waals surface area contributed by atoms with Crippen molar-refractivity contribution in [1.29, 1.82) is 0 Å². The zero-order valence-corrected chi connectivity index (χ0v) is 8.47. The van der Waals surface area contributed by atoms with E-state index in [9.17, 15) is 8.42 Å². The minimum absolute atomic E-state index is 0.334. The highest BCUT2D eigenvalue weighted by molar-refractivity contribution is 7.89. The Labute approximate surface area is 74.2 Å². The van der Waals surface area contributed by atoms with Gasteiger partial charge in [0.05, 0.1) is 5.75 Å². The van der Waals surface area contributed by atoms with E-state index in [0.717, 1.165) is 13.0 Å². The van der Waals surface area contributed by atoms with Crippen LogP contribution in [-0.2, 0) is 10.0 Å². The molecule has 1 aliphatic heterocycles. The number of likely N-dealkylation sites (N-methyl/N-ethyl adjacent to an activating group) is 1. The van der Waals surface area contributed by atoms with Crippen molar-refractivity contribution in [3.63, 3.8) is 0 Å². The van der Waals surface area contributed by atoms with Gasteiger partial charge in [-0.3, -0.25) is 0 Å². The average molecular weight is 192 g/mol. The summed E-state index contributed by atoms with van der Waals surface area (Å²) >= 11 is 0. The lowest BCUT2D eigenvalue weighted by molar-refractivity contribution is 0.345. The second kappa shape index (κ2) is 3.72. The maximum absolute atomic E-state index is 11.3. The molecule has 1 aliphatic rings. The molecule has 12 heavy (non-hydrogen) atoms. The number of rotatable bonds is 3. The first kappa shape index (κ1) is 9.95. The molecule has 0 aromatic heterocycles. The van der Waals surface area contributed by atoms with E-state index in [2.05, 4.69) is 0 Å². The highest BCUT2D eigenvalue weighted by Gasteiger charge is 2.27. The molecule has 1 heterocycles. The molecule has 0 N–H and O–H groups in total. The van der Waals surface area contributed by atoms with Crippen molar-refractivity contribution in [1.82, 2.24) is 9.21 Å². The summed E-state index contributed by atoms with van der Waals surface area (Å²) in [5.74, 6) is 0.334. The van der Waals surface area contributed by atoms with Gasteiger partial charge in [-0.1, -0.05) is 0 Å². The van der Waals surface area contributed by atoms with Crippen LogP contribution < -0.4 is 0 Å². The summed E-state index contributed by atoms with van der Waals surface area (Å²) in [5.41, 5.74) is 0. The second-order valence-electron chi connectivity index (χ2n) is 3.37. The first-order chi connectivity index (χ1) is 5.52. The monoisotopic (exact) mass is 192 g/mol. The van der Waals surface area contributed by atoms with Crippen LogP contribution in [0.4, 0.5) is 0 Å². The van der Waals surface area contributed by atoms with Crippen molar-refractivity contribution in [2.24, 2.45) is 0 Å². The van der Waals surface area contributed by atoms with Gasteiger partial charge in [-0.25, -0.2) is 12.7 Å². The molecule has 4 nitrogen and oxygen atoms in total. The molecule has 0 saturated carbocycles. The first-order valence-corrected chi connectivity index (χ1v) is 5.76. The molecule has 1 fully saturated rings. The lowest BCUT2D eigenvalue weighted by atomic mass is 10.4. The van der Waals surface area contributed by atoms with Crippen LogP contribution in [-0.4, -0.2) is 57.1 Å². The first-order valence-electron chi connectivity index (χ1n) is 4.15. The van der Waals surface area contributed by atoms with Crippen LogP contribution in [0.2, 0.25) is 0 Å². The molecule has 0 atom stereocenters. The van der Waals surface area contributed by atoms with Crippen LogP contribution in [0.3, 0.4) is 0 Å². The van der Waals surface area contributed by atoms with E-state index in [1.807, 2.05) is 19.0 Å². The molecule has 0 amide bonds. The van der Waals surface area contributed by atoms with Gasteiger partial charge in [0.15, 0.2) is 0 Å². The molecular formula is C7H16N2O2S. The van der Waals surface area contributed by atoms with Gasteiger partial charge < -0.3 is 4.90 Å². The zero-order chi connectivity index (χ0) is 9.19. The van der Waals surface area contributed by atoms with E-state index in [1.54, 1.807) is 4.31 Å². The smallest absolute Gasteiger partial charge is 0.214 e. The Hall–Kier alpha value is -0.130. The van der Waals surface area contributed by atoms with Gasteiger partial charge in [-0.15, -0.1) is 0 Å². The predicted octanol–water partition coefficient (Wildman–Crippen LogP) is -0.416. The van der Waals surface area contributed by atoms with Crippen molar-refractivity contribution in [3.05, 3.63) is 0 Å². The van der Waals surface area contributed by atoms with E-state index in [0.29, 0.717) is 18.8 Å². The summed E-state index contributed by atoms with van der Waals surface area (Å²) in [6.07, 6.45) is 0.787. The van der Waals surface area contributed by atoms with Gasteiger partial charge >= 0.3 is 0 Å². The number of nitrogens with zero attached hydrogens (tertiary/aromatic N) is 2. The van der Waals surface area contributed by atoms with Crippen molar-refractivity contribution in [2.75, 3.05) is 39.5 Å². The Kier molecular flexibility index (Phi) is 3.09. The highest BCUT2D eigenvalue weighted by Crippen LogP contribution is 2.11. The third kappa shape index (κ3) is 2.43. The molecular weight excluding hydrogens is 176 g/mol. The molecule has 0 aromatic carbocycles. The maximum atomic E-state index is 11.3. The Morgan fingerprint density at radius 2 is 2.08 bits per heavy atom. The molecule has 72 valence electrons. The topological polar surface area (TPSA) is 40.6 Å². The molecule has 5 heteroatoms. The van der Waals surface area contributed by atoms with Crippen LogP contribution in [0.5, 0.6) is 0 Å². The fourth-order valence-electron chi connectivity index (χ4n) is 1.25. The van der Waals surface area contributed by atoms with Crippen LogP contribution in [0.25, 0.3) is 0 Å². The zero-order valence-electron chi connectivity index (χ0n) is 7.65. The Bertz CT molecular complexity index is 236. The van der Waals surface area contributed by atoms with Crippen LogP contribution in [0.15, 0.2) is 0 Å². The third-order valence-electron chi connectivity index (χ3n) is 2.00. The van der Waals surface area contributed by atoms with E-state index in [1.165, 1.54) is 0 Å². The molecule has 0 bridgehead atoms. The molecule has 0 radical (unpaired) electrons. The summed E-state index contributed by atoms with van der Waals surface area (Å²) in [5, 5.41) is 0. The van der Waals surface area contributed by atoms with Crippen LogP contribution in [0.1, 0.15) is 6.42 Å². The normalized spacial score (nSPS) is 23.6. The quantitative estimate of drug-likeness (QED) is 0.610. The Morgan fingerprint density at radius 3 is 2.50 bits per heavy atom. The minimum Gasteiger partial charge on any atom is -0.308 e. The van der Waals surface area contributed by atoms with Gasteiger partial charge in [0.2, 0.25) is 10.0 Å². The Balaban J connectivity index is 2.43. The van der Waals surface area contributed by atoms with Crippen molar-refractivity contribution < 1.29 is 8.42 Å². The largest absolute Gasteiger partial charge is 0.308 e. The Morgan fingerprint density at radius 1 is 1.42 bits per heavy atom. The van der Waals surface area contributed by atoms with Crippen molar-refractivity contribution in [3.8, 4) is 0 Å². The maximum Gasteiger partial charge on any atom is 0.214 e. The standard InChI is InChI=1S/C7H16N2O2S/c1-8(2)5-6-9-4-3-7-12(9,10)11/h3-7H2,1-2H3. The summed E-state index contributed by atoms with van der Waals surface area (Å²) in [6, 6.07) is 0. The fourth-order valence-corrected chi connectivity index (χ4v) is 2.77. The van der Waals surface area contributed by atoms with Gasteiger partial charge in [-0.05, 0) is 20.5 Å². The van der Waals surface area contributed by atoms with Gasteiger partial charge in [0.25, 0.3) is 0 Å². The number of hydrogen-bond donors (Lipinski definition) is 0. The molecule has 1 rings (SSSR count). The summed E-state index contributed by atoms with van der Waals surface area (Å²) in [7, 11) is 1.02. The number of hydrogen-bond acceptors (Lipinski definition) is 3. The number of sulfonamides is 1. The molecule has 0 aliphatic carbocycles. The highest BCUT2D eigenvalue weighted by atomic mass is 32.2. The van der Waals surface area contributed by atoms with Crippen LogP contribution >= 0.6 is 0 Å². The summed E-state index contributed by atoms with van der Waals surface area (Å²) < 4.78 is 24.1. The van der Waals surface area contributed by atoms with E-state index in [4.69, 9.17) is 0 Å². The van der Waals surface area contributed by atoms with Gasteiger partial charge in [0.1, 0.15) is 0 Å².